The van der Waals surface area contributed by atoms with Gasteiger partial charge in [0.1, 0.15) is 12.0 Å². The van der Waals surface area contributed by atoms with Gasteiger partial charge in [-0.05, 0) is 47.7 Å². The molecular weight excluding hydrogens is 258 g/mol. The van der Waals surface area contributed by atoms with Gasteiger partial charge in [-0.15, -0.1) is 0 Å². The van der Waals surface area contributed by atoms with Crippen LogP contribution in [0.2, 0.25) is 0 Å². The van der Waals surface area contributed by atoms with Crippen LogP contribution in [-0.4, -0.2) is 32.4 Å². The van der Waals surface area contributed by atoms with Crippen molar-refractivity contribution in [2.45, 2.75) is 6.04 Å². The molecule has 0 heterocycles. The number of hydrogen-bond donors (Lipinski definition) is 0. The molecule has 0 aliphatic carbocycles. The van der Waals surface area contributed by atoms with Gasteiger partial charge in [0, 0.05) is 0 Å². The molecule has 0 spiro atoms. The lowest BCUT2D eigenvalue weighted by Gasteiger charge is -2.19. The lowest BCUT2D eigenvalue weighted by atomic mass is 10.1. The van der Waals surface area contributed by atoms with Crippen LogP contribution in [0.15, 0.2) is 22.7 Å². The zero-order valence-corrected chi connectivity index (χ0v) is 10.6. The van der Waals surface area contributed by atoms with Crippen molar-refractivity contribution in [2.24, 2.45) is 0 Å². The Balaban J connectivity index is 3.05. The Morgan fingerprint density at radius 1 is 1.47 bits per heavy atom. The highest BCUT2D eigenvalue weighted by molar-refractivity contribution is 9.10. The quantitative estimate of drug-likeness (QED) is 0.787. The molecule has 0 saturated heterocycles. The van der Waals surface area contributed by atoms with Gasteiger partial charge in [-0.2, -0.15) is 0 Å². The second kappa shape index (κ2) is 5.28. The van der Waals surface area contributed by atoms with Crippen LogP contribution in [0.4, 0.5) is 0 Å². The third kappa shape index (κ3) is 2.79. The number of likely N-dealkylation sites (N-methyl/N-ethyl adjacent to an activating group) is 1. The number of rotatable bonds is 4. The average molecular weight is 272 g/mol. The van der Waals surface area contributed by atoms with E-state index in [0.717, 1.165) is 22.1 Å². The van der Waals surface area contributed by atoms with Gasteiger partial charge in [0.2, 0.25) is 0 Å². The molecule has 4 heteroatoms. The molecule has 0 aromatic heterocycles. The van der Waals surface area contributed by atoms with E-state index in [4.69, 9.17) is 4.74 Å². The van der Waals surface area contributed by atoms with Crippen LogP contribution < -0.4 is 4.74 Å². The van der Waals surface area contributed by atoms with Gasteiger partial charge in [-0.25, -0.2) is 0 Å². The standard InChI is InChI=1S/C11H14BrNO2/c1-13(2)10(7-14)8-4-5-11(15-3)9(12)6-8/h4-7,10H,1-3H3. The van der Waals surface area contributed by atoms with Crippen molar-refractivity contribution in [2.75, 3.05) is 21.2 Å². The smallest absolute Gasteiger partial charge is 0.141 e. The van der Waals surface area contributed by atoms with Gasteiger partial charge in [0.25, 0.3) is 0 Å². The lowest BCUT2D eigenvalue weighted by molar-refractivity contribution is -0.111. The number of methoxy groups -OCH3 is 1. The minimum absolute atomic E-state index is 0.216. The van der Waals surface area contributed by atoms with E-state index in [1.807, 2.05) is 37.2 Å². The van der Waals surface area contributed by atoms with E-state index in [2.05, 4.69) is 15.9 Å². The van der Waals surface area contributed by atoms with Crippen LogP contribution in [0.3, 0.4) is 0 Å². The number of ether oxygens (including phenoxy) is 1. The molecule has 0 aliphatic rings. The summed E-state index contributed by atoms with van der Waals surface area (Å²) in [7, 11) is 5.36. The fourth-order valence-electron chi connectivity index (χ4n) is 1.37. The van der Waals surface area contributed by atoms with E-state index in [9.17, 15) is 4.79 Å². The van der Waals surface area contributed by atoms with Gasteiger partial charge in [-0.3, -0.25) is 4.90 Å². The Bertz CT molecular complexity index is 352. The van der Waals surface area contributed by atoms with Gasteiger partial charge in [0.05, 0.1) is 17.6 Å². The predicted molar refractivity (Wildman–Crippen MR) is 63.2 cm³/mol. The molecule has 82 valence electrons. The van der Waals surface area contributed by atoms with E-state index < -0.39 is 0 Å². The number of carbonyl (C=O) groups is 1. The van der Waals surface area contributed by atoms with E-state index in [0.29, 0.717) is 0 Å². The summed E-state index contributed by atoms with van der Waals surface area (Å²) in [5.74, 6) is 0.766. The van der Waals surface area contributed by atoms with Gasteiger partial charge < -0.3 is 9.53 Å². The second-order valence-electron chi connectivity index (χ2n) is 3.44. The lowest BCUT2D eigenvalue weighted by Crippen LogP contribution is -2.20. The Kier molecular flexibility index (Phi) is 4.29. The van der Waals surface area contributed by atoms with Crippen molar-refractivity contribution in [3.63, 3.8) is 0 Å². The number of halogens is 1. The second-order valence-corrected chi connectivity index (χ2v) is 4.29. The third-order valence-electron chi connectivity index (χ3n) is 2.20. The third-order valence-corrected chi connectivity index (χ3v) is 2.82. The molecule has 1 aromatic rings. The summed E-state index contributed by atoms with van der Waals surface area (Å²) < 4.78 is 5.98. The van der Waals surface area contributed by atoms with Gasteiger partial charge in [-0.1, -0.05) is 6.07 Å². The minimum Gasteiger partial charge on any atom is -0.496 e. The summed E-state index contributed by atoms with van der Waals surface area (Å²) in [6.45, 7) is 0. The molecule has 0 bridgehead atoms. The first-order chi connectivity index (χ1) is 7.10. The minimum atomic E-state index is -0.216. The number of aldehydes is 1. The monoisotopic (exact) mass is 271 g/mol. The topological polar surface area (TPSA) is 29.5 Å². The number of hydrogen-bond acceptors (Lipinski definition) is 3. The Hall–Kier alpha value is -0.870. The summed E-state index contributed by atoms with van der Waals surface area (Å²) in [6, 6.07) is 5.42. The molecular formula is C11H14BrNO2. The maximum atomic E-state index is 10.9. The molecule has 1 atom stereocenters. The number of nitrogens with zero attached hydrogens (tertiary/aromatic N) is 1. The van der Waals surface area contributed by atoms with Crippen molar-refractivity contribution in [1.29, 1.82) is 0 Å². The Labute approximate surface area is 98.2 Å². The van der Waals surface area contributed by atoms with Crippen LogP contribution >= 0.6 is 15.9 Å². The first kappa shape index (κ1) is 12.2. The fourth-order valence-corrected chi connectivity index (χ4v) is 1.92. The first-order valence-electron chi connectivity index (χ1n) is 4.55. The molecule has 0 radical (unpaired) electrons. The van der Waals surface area contributed by atoms with Crippen LogP contribution in [0.1, 0.15) is 11.6 Å². The summed E-state index contributed by atoms with van der Waals surface area (Å²) in [6.07, 6.45) is 0.925. The molecule has 0 N–H and O–H groups in total. The largest absolute Gasteiger partial charge is 0.496 e. The zero-order chi connectivity index (χ0) is 11.4. The molecule has 1 aromatic carbocycles. The Morgan fingerprint density at radius 2 is 2.13 bits per heavy atom. The van der Waals surface area contributed by atoms with Crippen LogP contribution in [-0.2, 0) is 4.79 Å². The maximum absolute atomic E-state index is 10.9. The number of carbonyl (C=O) groups excluding carboxylic acids is 1. The van der Waals surface area contributed by atoms with Gasteiger partial charge >= 0.3 is 0 Å². The van der Waals surface area contributed by atoms with Crippen molar-refractivity contribution in [1.82, 2.24) is 4.90 Å². The van der Waals surface area contributed by atoms with Crippen LogP contribution in [0, 0.1) is 0 Å². The zero-order valence-electron chi connectivity index (χ0n) is 9.03. The number of benzene rings is 1. The molecule has 0 saturated carbocycles. The highest BCUT2D eigenvalue weighted by atomic mass is 79.9. The molecule has 1 rings (SSSR count). The average Bonchev–Trinajstić information content (AvgIpc) is 2.18. The SMILES string of the molecule is COc1ccc(C(C=O)N(C)C)cc1Br. The maximum Gasteiger partial charge on any atom is 0.141 e. The predicted octanol–water partition coefficient (Wildman–Crippen LogP) is 2.26. The molecule has 1 unspecified atom stereocenters. The summed E-state index contributed by atoms with van der Waals surface area (Å²) in [4.78, 5) is 12.8. The van der Waals surface area contributed by atoms with Crippen molar-refractivity contribution >= 4 is 22.2 Å². The van der Waals surface area contributed by atoms with Gasteiger partial charge in [0.15, 0.2) is 0 Å². The van der Waals surface area contributed by atoms with E-state index in [1.165, 1.54) is 0 Å². The van der Waals surface area contributed by atoms with Crippen molar-refractivity contribution in [3.8, 4) is 5.75 Å². The van der Waals surface area contributed by atoms with E-state index >= 15 is 0 Å². The molecule has 15 heavy (non-hydrogen) atoms. The molecule has 0 aliphatic heterocycles. The summed E-state index contributed by atoms with van der Waals surface area (Å²) in [5, 5.41) is 0. The van der Waals surface area contributed by atoms with E-state index in [1.54, 1.807) is 7.11 Å². The Morgan fingerprint density at radius 3 is 2.53 bits per heavy atom. The first-order valence-corrected chi connectivity index (χ1v) is 5.34. The summed E-state index contributed by atoms with van der Waals surface area (Å²) >= 11 is 3.39. The highest BCUT2D eigenvalue weighted by Crippen LogP contribution is 2.28. The normalized spacial score (nSPS) is 12.6. The van der Waals surface area contributed by atoms with E-state index in [-0.39, 0.29) is 6.04 Å². The fraction of sp³-hybridized carbons (Fsp3) is 0.364. The van der Waals surface area contributed by atoms with Crippen molar-refractivity contribution in [3.05, 3.63) is 28.2 Å². The van der Waals surface area contributed by atoms with Crippen molar-refractivity contribution < 1.29 is 9.53 Å². The summed E-state index contributed by atoms with van der Waals surface area (Å²) in [5.41, 5.74) is 0.947. The van der Waals surface area contributed by atoms with Crippen LogP contribution in [0.5, 0.6) is 5.75 Å². The molecule has 0 fully saturated rings. The highest BCUT2D eigenvalue weighted by Gasteiger charge is 2.14. The molecule has 3 nitrogen and oxygen atoms in total. The van der Waals surface area contributed by atoms with Crippen LogP contribution in [0.25, 0.3) is 0 Å². The molecule has 0 amide bonds.